The number of thioether (sulfide) groups is 1. The van der Waals surface area contributed by atoms with Crippen molar-refractivity contribution in [3.8, 4) is 0 Å². The minimum atomic E-state index is -0.321. The molecule has 0 radical (unpaired) electrons. The van der Waals surface area contributed by atoms with Gasteiger partial charge in [0.05, 0.1) is 22.7 Å². The van der Waals surface area contributed by atoms with Gasteiger partial charge in [-0.25, -0.2) is 4.98 Å². The zero-order valence-electron chi connectivity index (χ0n) is 16.2. The summed E-state index contributed by atoms with van der Waals surface area (Å²) in [6.07, 6.45) is 2.10. The number of rotatable bonds is 5. The molecule has 1 aliphatic heterocycles. The maximum absolute atomic E-state index is 13.2. The van der Waals surface area contributed by atoms with Gasteiger partial charge in [-0.15, -0.1) is 0 Å². The molecule has 1 atom stereocenters. The molecule has 0 saturated carbocycles. The Morgan fingerprint density at radius 3 is 2.59 bits per heavy atom. The van der Waals surface area contributed by atoms with Crippen LogP contribution in [0.2, 0.25) is 5.02 Å². The van der Waals surface area contributed by atoms with Crippen LogP contribution in [0.4, 0.5) is 0 Å². The normalized spacial score (nSPS) is 15.0. The molecular weight excluding hydrogens is 406 g/mol. The molecule has 1 aromatic heterocycles. The summed E-state index contributed by atoms with van der Waals surface area (Å²) in [4.78, 5) is 32.7. The first-order valence-corrected chi connectivity index (χ1v) is 11.0. The van der Waals surface area contributed by atoms with Crippen LogP contribution in [-0.2, 0) is 11.3 Å². The van der Waals surface area contributed by atoms with Crippen molar-refractivity contribution in [2.75, 3.05) is 13.1 Å². The Bertz CT molecular complexity index is 1110. The van der Waals surface area contributed by atoms with Gasteiger partial charge in [-0.2, -0.15) is 0 Å². The van der Waals surface area contributed by atoms with Crippen LogP contribution in [0.25, 0.3) is 10.9 Å². The molecule has 4 rings (SSSR count). The smallest absolute Gasteiger partial charge is 0.262 e. The molecule has 3 aromatic rings. The van der Waals surface area contributed by atoms with Gasteiger partial charge in [-0.1, -0.05) is 53.7 Å². The van der Waals surface area contributed by atoms with Crippen LogP contribution < -0.4 is 5.56 Å². The van der Waals surface area contributed by atoms with E-state index in [0.717, 1.165) is 31.5 Å². The summed E-state index contributed by atoms with van der Waals surface area (Å²) in [7, 11) is 0. The average Bonchev–Trinajstić information content (AvgIpc) is 3.26. The summed E-state index contributed by atoms with van der Waals surface area (Å²) in [6, 6.07) is 14.8. The molecule has 0 bridgehead atoms. The molecular formula is C22H22ClN3O2S. The lowest BCUT2D eigenvalue weighted by molar-refractivity contribution is -0.129. The predicted molar refractivity (Wildman–Crippen MR) is 118 cm³/mol. The first kappa shape index (κ1) is 20.0. The zero-order valence-corrected chi connectivity index (χ0v) is 17.7. The molecule has 1 aliphatic rings. The third-order valence-electron chi connectivity index (χ3n) is 5.16. The fraction of sp³-hybridized carbons (Fsp3) is 0.318. The molecule has 29 heavy (non-hydrogen) atoms. The van der Waals surface area contributed by atoms with Crippen molar-refractivity contribution in [3.63, 3.8) is 0 Å². The number of amides is 1. The van der Waals surface area contributed by atoms with E-state index in [2.05, 4.69) is 0 Å². The maximum Gasteiger partial charge on any atom is 0.262 e. The van der Waals surface area contributed by atoms with E-state index in [0.29, 0.717) is 27.6 Å². The highest BCUT2D eigenvalue weighted by atomic mass is 35.5. The van der Waals surface area contributed by atoms with Crippen molar-refractivity contribution < 1.29 is 4.79 Å². The number of para-hydroxylation sites is 1. The van der Waals surface area contributed by atoms with E-state index in [1.807, 2.05) is 54.3 Å². The molecule has 2 aromatic carbocycles. The molecule has 0 N–H and O–H groups in total. The summed E-state index contributed by atoms with van der Waals surface area (Å²) in [5, 5.41) is 1.37. The largest absolute Gasteiger partial charge is 0.342 e. The number of carbonyl (C=O) groups excluding carboxylic acids is 1. The standard InChI is InChI=1S/C22H22ClN3O2S/c1-15(20(27)25-12-6-7-13-25)29-22-24-19-11-5-3-9-17(19)21(28)26(22)14-16-8-2-4-10-18(16)23/h2-5,8-11,15H,6-7,12-14H2,1H3/t15-/m1/s1. The van der Waals surface area contributed by atoms with E-state index < -0.39 is 0 Å². The lowest BCUT2D eigenvalue weighted by atomic mass is 10.2. The van der Waals surface area contributed by atoms with Gasteiger partial charge in [0.1, 0.15) is 0 Å². The maximum atomic E-state index is 13.2. The SMILES string of the molecule is C[C@@H](Sc1nc2ccccc2c(=O)n1Cc1ccccc1Cl)C(=O)N1CCCC1. The van der Waals surface area contributed by atoms with Crippen molar-refractivity contribution in [1.29, 1.82) is 0 Å². The van der Waals surface area contributed by atoms with Gasteiger partial charge in [0, 0.05) is 18.1 Å². The van der Waals surface area contributed by atoms with Crippen molar-refractivity contribution in [3.05, 3.63) is 69.5 Å². The Balaban J connectivity index is 1.74. The highest BCUT2D eigenvalue weighted by Crippen LogP contribution is 2.26. The molecule has 1 saturated heterocycles. The third kappa shape index (κ3) is 4.19. The lowest BCUT2D eigenvalue weighted by Crippen LogP contribution is -2.34. The number of fused-ring (bicyclic) bond motifs is 1. The second-order valence-corrected chi connectivity index (χ2v) is 8.90. The van der Waals surface area contributed by atoms with E-state index >= 15 is 0 Å². The van der Waals surface area contributed by atoms with Crippen LogP contribution in [0.1, 0.15) is 25.3 Å². The minimum absolute atomic E-state index is 0.0965. The first-order chi connectivity index (χ1) is 14.0. The Kier molecular flexibility index (Phi) is 5.92. The number of halogens is 1. The highest BCUT2D eigenvalue weighted by molar-refractivity contribution is 8.00. The third-order valence-corrected chi connectivity index (χ3v) is 6.61. The van der Waals surface area contributed by atoms with E-state index in [1.165, 1.54) is 11.8 Å². The van der Waals surface area contributed by atoms with Crippen LogP contribution in [0.3, 0.4) is 0 Å². The average molecular weight is 428 g/mol. The van der Waals surface area contributed by atoms with Gasteiger partial charge in [0.25, 0.3) is 5.56 Å². The summed E-state index contributed by atoms with van der Waals surface area (Å²) in [6.45, 7) is 3.80. The van der Waals surface area contributed by atoms with Crippen LogP contribution in [0.5, 0.6) is 0 Å². The molecule has 1 amide bonds. The fourth-order valence-corrected chi connectivity index (χ4v) is 4.76. The number of nitrogens with zero attached hydrogens (tertiary/aromatic N) is 3. The van der Waals surface area contributed by atoms with Gasteiger partial charge in [-0.3, -0.25) is 14.2 Å². The van der Waals surface area contributed by atoms with Crippen molar-refractivity contribution in [1.82, 2.24) is 14.5 Å². The topological polar surface area (TPSA) is 55.2 Å². The Labute approximate surface area is 178 Å². The minimum Gasteiger partial charge on any atom is -0.342 e. The second-order valence-electron chi connectivity index (χ2n) is 7.19. The molecule has 150 valence electrons. The van der Waals surface area contributed by atoms with Crippen LogP contribution >= 0.6 is 23.4 Å². The van der Waals surface area contributed by atoms with Gasteiger partial charge < -0.3 is 4.90 Å². The monoisotopic (exact) mass is 427 g/mol. The molecule has 0 aliphatic carbocycles. The second kappa shape index (κ2) is 8.59. The number of likely N-dealkylation sites (tertiary alicyclic amines) is 1. The molecule has 1 fully saturated rings. The van der Waals surface area contributed by atoms with E-state index in [-0.39, 0.29) is 16.7 Å². The first-order valence-electron chi connectivity index (χ1n) is 9.73. The van der Waals surface area contributed by atoms with Gasteiger partial charge in [0.2, 0.25) is 5.91 Å². The summed E-state index contributed by atoms with van der Waals surface area (Å²) in [5.74, 6) is 0.0965. The van der Waals surface area contributed by atoms with Gasteiger partial charge >= 0.3 is 0 Å². The molecule has 7 heteroatoms. The number of aromatic nitrogens is 2. The lowest BCUT2D eigenvalue weighted by Gasteiger charge is -2.21. The Hall–Kier alpha value is -2.31. The van der Waals surface area contributed by atoms with Crippen LogP contribution in [-0.4, -0.2) is 38.7 Å². The predicted octanol–water partition coefficient (Wildman–Crippen LogP) is 4.20. The molecule has 0 unspecified atom stereocenters. The molecule has 0 spiro atoms. The number of hydrogen-bond acceptors (Lipinski definition) is 4. The number of benzene rings is 2. The van der Waals surface area contributed by atoms with Gasteiger partial charge in [-0.05, 0) is 43.5 Å². The highest BCUT2D eigenvalue weighted by Gasteiger charge is 2.26. The van der Waals surface area contributed by atoms with Crippen molar-refractivity contribution in [2.24, 2.45) is 0 Å². The number of hydrogen-bond donors (Lipinski definition) is 0. The zero-order chi connectivity index (χ0) is 20.4. The summed E-state index contributed by atoms with van der Waals surface area (Å²) >= 11 is 7.67. The summed E-state index contributed by atoms with van der Waals surface area (Å²) < 4.78 is 1.63. The fourth-order valence-electron chi connectivity index (χ4n) is 3.58. The van der Waals surface area contributed by atoms with Gasteiger partial charge in [0.15, 0.2) is 5.16 Å². The van der Waals surface area contributed by atoms with Crippen LogP contribution in [0.15, 0.2) is 58.5 Å². The molecule has 2 heterocycles. The quantitative estimate of drug-likeness (QED) is 0.452. The van der Waals surface area contributed by atoms with Crippen LogP contribution in [0, 0.1) is 0 Å². The Morgan fingerprint density at radius 2 is 1.83 bits per heavy atom. The van der Waals surface area contributed by atoms with Crippen molar-refractivity contribution in [2.45, 2.75) is 36.7 Å². The Morgan fingerprint density at radius 1 is 1.14 bits per heavy atom. The molecule has 5 nitrogen and oxygen atoms in total. The van der Waals surface area contributed by atoms with E-state index in [4.69, 9.17) is 16.6 Å². The van der Waals surface area contributed by atoms with E-state index in [1.54, 1.807) is 10.6 Å². The summed E-state index contributed by atoms with van der Waals surface area (Å²) in [5.41, 5.74) is 1.35. The van der Waals surface area contributed by atoms with Crippen molar-refractivity contribution >= 4 is 40.2 Å². The van der Waals surface area contributed by atoms with E-state index in [9.17, 15) is 9.59 Å². The number of carbonyl (C=O) groups is 1.